The van der Waals surface area contributed by atoms with E-state index in [-0.39, 0.29) is 11.8 Å². The lowest BCUT2D eigenvalue weighted by atomic mass is 9.90. The Labute approximate surface area is 146 Å². The van der Waals surface area contributed by atoms with Crippen molar-refractivity contribution in [1.82, 2.24) is 10.6 Å². The van der Waals surface area contributed by atoms with Gasteiger partial charge in [-0.1, -0.05) is 42.5 Å². The Kier molecular flexibility index (Phi) is 4.62. The fourth-order valence-corrected chi connectivity index (χ4v) is 3.07. The number of ether oxygens (including phenoxy) is 1. The quantitative estimate of drug-likeness (QED) is 0.839. The highest BCUT2D eigenvalue weighted by atomic mass is 32.1. The van der Waals surface area contributed by atoms with Crippen molar-refractivity contribution in [1.29, 1.82) is 0 Å². The molecule has 24 heavy (non-hydrogen) atoms. The molecule has 0 fully saturated rings. The maximum Gasteiger partial charge on any atom is 0.171 e. The van der Waals surface area contributed by atoms with E-state index < -0.39 is 0 Å². The highest BCUT2D eigenvalue weighted by Gasteiger charge is 2.30. The molecule has 5 heteroatoms. The van der Waals surface area contributed by atoms with Crippen LogP contribution in [-0.2, 0) is 4.79 Å². The first-order chi connectivity index (χ1) is 11.6. The third-order valence-corrected chi connectivity index (χ3v) is 4.16. The van der Waals surface area contributed by atoms with E-state index in [1.54, 1.807) is 14.0 Å². The molecule has 0 amide bonds. The second-order valence-electron chi connectivity index (χ2n) is 5.52. The summed E-state index contributed by atoms with van der Waals surface area (Å²) < 4.78 is 5.30. The van der Waals surface area contributed by atoms with Crippen molar-refractivity contribution in [3.63, 3.8) is 0 Å². The molecule has 2 aromatic rings. The van der Waals surface area contributed by atoms with Gasteiger partial charge in [0.2, 0.25) is 0 Å². The molecule has 0 unspecified atom stereocenters. The number of hydrogen-bond acceptors (Lipinski definition) is 3. The van der Waals surface area contributed by atoms with Crippen LogP contribution in [0.2, 0.25) is 0 Å². The molecular formula is C19H18N2O2S. The maximum atomic E-state index is 12.4. The Morgan fingerprint density at radius 2 is 1.88 bits per heavy atom. The van der Waals surface area contributed by atoms with Crippen LogP contribution < -0.4 is 15.4 Å². The van der Waals surface area contributed by atoms with Gasteiger partial charge < -0.3 is 15.4 Å². The third-order valence-electron chi connectivity index (χ3n) is 3.94. The molecule has 0 saturated heterocycles. The lowest BCUT2D eigenvalue weighted by molar-refractivity contribution is -0.113. The second kappa shape index (κ2) is 6.84. The number of methoxy groups -OCH3 is 1. The first-order valence-corrected chi connectivity index (χ1v) is 8.03. The fourth-order valence-electron chi connectivity index (χ4n) is 2.85. The molecule has 0 aliphatic carbocycles. The zero-order chi connectivity index (χ0) is 17.1. The minimum atomic E-state index is -0.318. The number of nitrogens with one attached hydrogen (secondary N) is 2. The van der Waals surface area contributed by atoms with E-state index in [4.69, 9.17) is 17.0 Å². The van der Waals surface area contributed by atoms with Gasteiger partial charge in [-0.3, -0.25) is 4.79 Å². The third kappa shape index (κ3) is 3.16. The van der Waals surface area contributed by atoms with Crippen molar-refractivity contribution in [2.75, 3.05) is 7.11 Å². The summed E-state index contributed by atoms with van der Waals surface area (Å²) in [5, 5.41) is 6.83. The molecule has 0 saturated carbocycles. The van der Waals surface area contributed by atoms with Crippen molar-refractivity contribution in [3.05, 3.63) is 71.3 Å². The lowest BCUT2D eigenvalue weighted by Crippen LogP contribution is -2.44. The minimum Gasteiger partial charge on any atom is -0.497 e. The smallest absolute Gasteiger partial charge is 0.171 e. The van der Waals surface area contributed by atoms with E-state index >= 15 is 0 Å². The van der Waals surface area contributed by atoms with Crippen LogP contribution in [0.4, 0.5) is 0 Å². The van der Waals surface area contributed by atoms with Crippen LogP contribution in [0.5, 0.6) is 5.75 Å². The van der Waals surface area contributed by atoms with Gasteiger partial charge in [0, 0.05) is 5.57 Å². The van der Waals surface area contributed by atoms with Crippen LogP contribution in [0, 0.1) is 0 Å². The normalized spacial score (nSPS) is 17.1. The van der Waals surface area contributed by atoms with E-state index in [9.17, 15) is 4.79 Å². The minimum absolute atomic E-state index is 0.0100. The SMILES string of the molecule is COc1cccc([C@H]2NC(=S)NC(c3ccccc3)=C2C(C)=O)c1. The van der Waals surface area contributed by atoms with Gasteiger partial charge in [0.1, 0.15) is 5.75 Å². The zero-order valence-corrected chi connectivity index (χ0v) is 14.3. The summed E-state index contributed by atoms with van der Waals surface area (Å²) in [6.07, 6.45) is 0. The monoisotopic (exact) mass is 338 g/mol. The molecular weight excluding hydrogens is 320 g/mol. The summed E-state index contributed by atoms with van der Waals surface area (Å²) in [5.74, 6) is 0.729. The Morgan fingerprint density at radius 1 is 1.12 bits per heavy atom. The number of carbonyl (C=O) groups is 1. The van der Waals surface area contributed by atoms with Crippen LogP contribution in [0.1, 0.15) is 24.1 Å². The van der Waals surface area contributed by atoms with Gasteiger partial charge in [-0.2, -0.15) is 0 Å². The fraction of sp³-hybridized carbons (Fsp3) is 0.158. The Bertz CT molecular complexity index is 815. The van der Waals surface area contributed by atoms with E-state index in [0.717, 1.165) is 22.6 Å². The second-order valence-corrected chi connectivity index (χ2v) is 5.93. The Balaban J connectivity index is 2.16. The van der Waals surface area contributed by atoms with E-state index in [1.165, 1.54) is 0 Å². The first kappa shape index (κ1) is 16.2. The Hall–Kier alpha value is -2.66. The van der Waals surface area contributed by atoms with Crippen molar-refractivity contribution < 1.29 is 9.53 Å². The molecule has 0 radical (unpaired) electrons. The predicted molar refractivity (Wildman–Crippen MR) is 98.6 cm³/mol. The molecule has 0 spiro atoms. The van der Waals surface area contributed by atoms with Crippen molar-refractivity contribution in [2.24, 2.45) is 0 Å². The van der Waals surface area contributed by atoms with E-state index in [1.807, 2.05) is 54.6 Å². The highest BCUT2D eigenvalue weighted by Crippen LogP contribution is 2.32. The molecule has 2 N–H and O–H groups in total. The molecule has 1 heterocycles. The van der Waals surface area contributed by atoms with Gasteiger partial charge in [-0.15, -0.1) is 0 Å². The number of benzene rings is 2. The average molecular weight is 338 g/mol. The number of hydrogen-bond donors (Lipinski definition) is 2. The zero-order valence-electron chi connectivity index (χ0n) is 13.5. The van der Waals surface area contributed by atoms with Crippen LogP contribution >= 0.6 is 12.2 Å². The van der Waals surface area contributed by atoms with Crippen molar-refractivity contribution in [2.45, 2.75) is 13.0 Å². The van der Waals surface area contributed by atoms with Gasteiger partial charge in [-0.05, 0) is 42.4 Å². The molecule has 0 aromatic heterocycles. The van der Waals surface area contributed by atoms with Gasteiger partial charge >= 0.3 is 0 Å². The molecule has 3 rings (SSSR count). The summed E-state index contributed by atoms with van der Waals surface area (Å²) in [6.45, 7) is 1.57. The number of carbonyl (C=O) groups excluding carboxylic acids is 1. The predicted octanol–water partition coefficient (Wildman–Crippen LogP) is 3.21. The van der Waals surface area contributed by atoms with Gasteiger partial charge in [0.15, 0.2) is 10.9 Å². The molecule has 2 aromatic carbocycles. The maximum absolute atomic E-state index is 12.4. The van der Waals surface area contributed by atoms with Crippen molar-refractivity contribution >= 4 is 28.8 Å². The first-order valence-electron chi connectivity index (χ1n) is 7.62. The largest absolute Gasteiger partial charge is 0.497 e. The van der Waals surface area contributed by atoms with E-state index in [0.29, 0.717) is 10.7 Å². The molecule has 122 valence electrons. The van der Waals surface area contributed by atoms with Crippen LogP contribution in [0.25, 0.3) is 5.70 Å². The number of Topliss-reactive ketones (excluding diaryl/α,β-unsaturated/α-hetero) is 1. The summed E-state index contributed by atoms with van der Waals surface area (Å²) >= 11 is 5.36. The standard InChI is InChI=1S/C19H18N2O2S/c1-12(22)16-17(13-7-4-3-5-8-13)20-19(24)21-18(16)14-9-6-10-15(11-14)23-2/h3-11,18H,1-2H3,(H2,20,21,24)/t18-/m1/s1. The average Bonchev–Trinajstić information content (AvgIpc) is 2.61. The van der Waals surface area contributed by atoms with Gasteiger partial charge in [0.05, 0.1) is 18.8 Å². The number of ketones is 1. The van der Waals surface area contributed by atoms with Gasteiger partial charge in [0.25, 0.3) is 0 Å². The highest BCUT2D eigenvalue weighted by molar-refractivity contribution is 7.80. The number of rotatable bonds is 4. The van der Waals surface area contributed by atoms with Crippen LogP contribution in [0.15, 0.2) is 60.2 Å². The molecule has 1 atom stereocenters. The summed E-state index contributed by atoms with van der Waals surface area (Å²) in [4.78, 5) is 12.4. The molecule has 4 nitrogen and oxygen atoms in total. The molecule has 1 aliphatic heterocycles. The summed E-state index contributed by atoms with van der Waals surface area (Å²) in [7, 11) is 1.62. The van der Waals surface area contributed by atoms with Crippen LogP contribution in [0.3, 0.4) is 0 Å². The Morgan fingerprint density at radius 3 is 2.54 bits per heavy atom. The van der Waals surface area contributed by atoms with Gasteiger partial charge in [-0.25, -0.2) is 0 Å². The molecule has 1 aliphatic rings. The number of thiocarbonyl (C=S) groups is 1. The van der Waals surface area contributed by atoms with Crippen LogP contribution in [-0.4, -0.2) is 18.0 Å². The lowest BCUT2D eigenvalue weighted by Gasteiger charge is -2.31. The van der Waals surface area contributed by atoms with E-state index in [2.05, 4.69) is 10.6 Å². The summed E-state index contributed by atoms with van der Waals surface area (Å²) in [5.41, 5.74) is 3.26. The summed E-state index contributed by atoms with van der Waals surface area (Å²) in [6, 6.07) is 17.1. The topological polar surface area (TPSA) is 50.4 Å². The van der Waals surface area contributed by atoms with Crippen molar-refractivity contribution in [3.8, 4) is 5.75 Å². The molecule has 0 bridgehead atoms.